The number of hydrogen-bond acceptors (Lipinski definition) is 4. The van der Waals surface area contributed by atoms with Crippen LogP contribution in [0.25, 0.3) is 0 Å². The van der Waals surface area contributed by atoms with Gasteiger partial charge in [-0.25, -0.2) is 9.18 Å². The monoisotopic (exact) mass is 369 g/mol. The first kappa shape index (κ1) is 18.0. The number of aryl methyl sites for hydroxylation is 1. The summed E-state index contributed by atoms with van der Waals surface area (Å²) in [6, 6.07) is 13.8. The van der Waals surface area contributed by atoms with E-state index in [1.807, 2.05) is 31.2 Å². The summed E-state index contributed by atoms with van der Waals surface area (Å²) in [7, 11) is 0. The van der Waals surface area contributed by atoms with E-state index in [0.717, 1.165) is 43.6 Å². The van der Waals surface area contributed by atoms with Gasteiger partial charge in [0.2, 0.25) is 0 Å². The Morgan fingerprint density at radius 2 is 1.81 bits per heavy atom. The standard InChI is InChI=1S/C22H24FNO3/c1-15-4-2-5-17(12-15)21(18-6-3-7-19(23)13-18)27-22(25)26-20-14-24-10-8-16(20)9-11-24/h2-7,12-13,16,20-21H,8-11,14H2,1H3/t20?,21-/m1/s1. The van der Waals surface area contributed by atoms with Crippen molar-refractivity contribution in [3.8, 4) is 0 Å². The molecule has 0 aliphatic carbocycles. The molecule has 0 radical (unpaired) electrons. The minimum absolute atomic E-state index is 0.120. The van der Waals surface area contributed by atoms with E-state index in [9.17, 15) is 9.18 Å². The zero-order valence-electron chi connectivity index (χ0n) is 15.4. The maximum absolute atomic E-state index is 13.8. The average Bonchev–Trinajstić information content (AvgIpc) is 2.67. The Balaban J connectivity index is 1.53. The van der Waals surface area contributed by atoms with Crippen molar-refractivity contribution < 1.29 is 18.7 Å². The molecule has 3 saturated heterocycles. The third-order valence-electron chi connectivity index (χ3n) is 5.55. The van der Waals surface area contributed by atoms with Crippen LogP contribution in [0.15, 0.2) is 48.5 Å². The number of piperidine rings is 3. The van der Waals surface area contributed by atoms with Crippen LogP contribution >= 0.6 is 0 Å². The maximum atomic E-state index is 13.8. The Bertz CT molecular complexity index is 771. The van der Waals surface area contributed by atoms with Gasteiger partial charge in [-0.1, -0.05) is 42.0 Å². The summed E-state index contributed by atoms with van der Waals surface area (Å²) < 4.78 is 25.1. The highest BCUT2D eigenvalue weighted by molar-refractivity contribution is 5.61. The van der Waals surface area contributed by atoms with Gasteiger partial charge in [0.15, 0.2) is 6.10 Å². The number of carbonyl (C=O) groups excluding carboxylic acids is 1. The van der Waals surface area contributed by atoms with Crippen LogP contribution in [0.3, 0.4) is 0 Å². The van der Waals surface area contributed by atoms with Crippen LogP contribution in [-0.2, 0) is 9.47 Å². The van der Waals surface area contributed by atoms with Crippen molar-refractivity contribution in [1.82, 2.24) is 4.90 Å². The highest BCUT2D eigenvalue weighted by atomic mass is 19.1. The molecule has 4 nitrogen and oxygen atoms in total. The molecular formula is C22H24FNO3. The van der Waals surface area contributed by atoms with Gasteiger partial charge >= 0.3 is 6.16 Å². The lowest BCUT2D eigenvalue weighted by atomic mass is 9.86. The van der Waals surface area contributed by atoms with Crippen LogP contribution in [-0.4, -0.2) is 36.8 Å². The van der Waals surface area contributed by atoms with E-state index < -0.39 is 12.3 Å². The number of benzene rings is 2. The molecule has 2 bridgehead atoms. The SMILES string of the molecule is Cc1cccc([C@@H](OC(=O)OC2CN3CCC2CC3)c2cccc(F)c2)c1. The van der Waals surface area contributed by atoms with Gasteiger partial charge in [-0.3, -0.25) is 4.90 Å². The van der Waals surface area contributed by atoms with Crippen molar-refractivity contribution in [2.24, 2.45) is 5.92 Å². The molecule has 5 heteroatoms. The molecule has 0 amide bonds. The van der Waals surface area contributed by atoms with Crippen molar-refractivity contribution in [3.63, 3.8) is 0 Å². The largest absolute Gasteiger partial charge is 0.509 e. The molecule has 27 heavy (non-hydrogen) atoms. The zero-order chi connectivity index (χ0) is 18.8. The summed E-state index contributed by atoms with van der Waals surface area (Å²) in [6.07, 6.45) is 0.608. The lowest BCUT2D eigenvalue weighted by molar-refractivity contribution is -0.0642. The number of halogens is 1. The van der Waals surface area contributed by atoms with Gasteiger partial charge in [0.25, 0.3) is 0 Å². The summed E-state index contributed by atoms with van der Waals surface area (Å²) in [5, 5.41) is 0. The topological polar surface area (TPSA) is 38.8 Å². The fourth-order valence-electron chi connectivity index (χ4n) is 4.12. The number of rotatable bonds is 4. The van der Waals surface area contributed by atoms with Crippen LogP contribution in [0, 0.1) is 18.7 Å². The van der Waals surface area contributed by atoms with E-state index in [1.165, 1.54) is 12.1 Å². The summed E-state index contributed by atoms with van der Waals surface area (Å²) in [6.45, 7) is 4.90. The van der Waals surface area contributed by atoms with Crippen LogP contribution < -0.4 is 0 Å². The van der Waals surface area contributed by atoms with Gasteiger partial charge in [-0.05, 0) is 56.5 Å². The third-order valence-corrected chi connectivity index (χ3v) is 5.55. The van der Waals surface area contributed by atoms with E-state index in [4.69, 9.17) is 9.47 Å². The van der Waals surface area contributed by atoms with Gasteiger partial charge in [0.05, 0.1) is 0 Å². The molecule has 3 fully saturated rings. The second kappa shape index (κ2) is 7.69. The molecule has 5 rings (SSSR count). The average molecular weight is 369 g/mol. The number of fused-ring (bicyclic) bond motifs is 3. The second-order valence-electron chi connectivity index (χ2n) is 7.51. The van der Waals surface area contributed by atoms with E-state index >= 15 is 0 Å². The normalized spacial score (nSPS) is 25.0. The Hall–Kier alpha value is -2.40. The lowest BCUT2D eigenvalue weighted by Gasteiger charge is -2.43. The molecule has 0 aromatic heterocycles. The molecular weight excluding hydrogens is 345 g/mol. The smallest absolute Gasteiger partial charge is 0.429 e. The Labute approximate surface area is 158 Å². The number of hydrogen-bond donors (Lipinski definition) is 0. The Morgan fingerprint density at radius 3 is 2.44 bits per heavy atom. The maximum Gasteiger partial charge on any atom is 0.509 e. The zero-order valence-corrected chi connectivity index (χ0v) is 15.4. The third kappa shape index (κ3) is 4.14. The summed E-state index contributed by atoms with van der Waals surface area (Å²) >= 11 is 0. The predicted octanol–water partition coefficient (Wildman–Crippen LogP) is 4.47. The Kier molecular flexibility index (Phi) is 5.12. The molecule has 142 valence electrons. The van der Waals surface area contributed by atoms with Crippen LogP contribution in [0.4, 0.5) is 9.18 Å². The van der Waals surface area contributed by atoms with Crippen LogP contribution in [0.1, 0.15) is 35.6 Å². The van der Waals surface area contributed by atoms with E-state index in [-0.39, 0.29) is 11.9 Å². The summed E-state index contributed by atoms with van der Waals surface area (Å²) in [4.78, 5) is 14.9. The highest BCUT2D eigenvalue weighted by Gasteiger charge is 2.37. The van der Waals surface area contributed by atoms with Gasteiger partial charge in [0.1, 0.15) is 11.9 Å². The molecule has 0 saturated carbocycles. The minimum Gasteiger partial charge on any atom is -0.429 e. The van der Waals surface area contributed by atoms with Crippen molar-refractivity contribution in [3.05, 3.63) is 71.0 Å². The highest BCUT2D eigenvalue weighted by Crippen LogP contribution is 2.32. The van der Waals surface area contributed by atoms with Gasteiger partial charge < -0.3 is 9.47 Å². The molecule has 0 spiro atoms. The molecule has 2 atom stereocenters. The molecule has 3 aliphatic heterocycles. The quantitative estimate of drug-likeness (QED) is 0.746. The Morgan fingerprint density at radius 1 is 1.11 bits per heavy atom. The van der Waals surface area contributed by atoms with Crippen molar-refractivity contribution in [1.29, 1.82) is 0 Å². The van der Waals surface area contributed by atoms with Crippen molar-refractivity contribution in [2.75, 3.05) is 19.6 Å². The van der Waals surface area contributed by atoms with Crippen molar-refractivity contribution >= 4 is 6.16 Å². The molecule has 3 heterocycles. The van der Waals surface area contributed by atoms with Gasteiger partial charge in [-0.15, -0.1) is 0 Å². The molecule has 0 N–H and O–H groups in total. The summed E-state index contributed by atoms with van der Waals surface area (Å²) in [5.74, 6) is 0.0497. The van der Waals surface area contributed by atoms with Gasteiger partial charge in [-0.2, -0.15) is 0 Å². The van der Waals surface area contributed by atoms with E-state index in [1.54, 1.807) is 12.1 Å². The fourth-order valence-corrected chi connectivity index (χ4v) is 4.12. The van der Waals surface area contributed by atoms with Crippen LogP contribution in [0.5, 0.6) is 0 Å². The lowest BCUT2D eigenvalue weighted by Crippen LogP contribution is -2.52. The number of ether oxygens (including phenoxy) is 2. The number of nitrogens with zero attached hydrogens (tertiary/aromatic N) is 1. The molecule has 1 unspecified atom stereocenters. The first-order chi connectivity index (χ1) is 13.1. The predicted molar refractivity (Wildman–Crippen MR) is 99.9 cm³/mol. The van der Waals surface area contributed by atoms with Gasteiger partial charge in [0, 0.05) is 12.1 Å². The van der Waals surface area contributed by atoms with Crippen molar-refractivity contribution in [2.45, 2.75) is 32.0 Å². The fraction of sp³-hybridized carbons (Fsp3) is 0.409. The second-order valence-corrected chi connectivity index (χ2v) is 7.51. The molecule has 3 aliphatic rings. The number of carbonyl (C=O) groups is 1. The first-order valence-electron chi connectivity index (χ1n) is 9.50. The molecule has 2 aromatic rings. The summed E-state index contributed by atoms with van der Waals surface area (Å²) in [5.41, 5.74) is 2.43. The van der Waals surface area contributed by atoms with E-state index in [2.05, 4.69) is 4.90 Å². The van der Waals surface area contributed by atoms with E-state index in [0.29, 0.717) is 11.5 Å². The molecule has 2 aromatic carbocycles. The first-order valence-corrected chi connectivity index (χ1v) is 9.50. The minimum atomic E-state index is -0.700. The van der Waals surface area contributed by atoms with Crippen LogP contribution in [0.2, 0.25) is 0 Å².